The average Bonchev–Trinajstić information content (AvgIpc) is 2.74. The summed E-state index contributed by atoms with van der Waals surface area (Å²) in [5, 5.41) is 11.6. The number of nitrogens with zero attached hydrogens (tertiary/aromatic N) is 3. The van der Waals surface area contributed by atoms with Crippen LogP contribution in [0.2, 0.25) is 0 Å². The molecule has 0 spiro atoms. The number of hydrogen-bond donors (Lipinski definition) is 1. The van der Waals surface area contributed by atoms with Gasteiger partial charge in [0.1, 0.15) is 5.41 Å². The normalized spacial score (nSPS) is 14.3. The van der Waals surface area contributed by atoms with E-state index >= 15 is 0 Å². The van der Waals surface area contributed by atoms with Crippen molar-refractivity contribution in [2.75, 3.05) is 36.4 Å². The molecule has 0 atom stereocenters. The van der Waals surface area contributed by atoms with E-state index in [0.717, 1.165) is 18.8 Å². The van der Waals surface area contributed by atoms with Crippen LogP contribution in [0.3, 0.4) is 0 Å². The first kappa shape index (κ1) is 19.4. The number of amides is 2. The molecule has 6 nitrogen and oxygen atoms in total. The lowest BCUT2D eigenvalue weighted by atomic mass is 9.89. The standard InChI is InChI=1S/C22H24N4O2/c1-22(2,20(27)24-18-10-8-17(16-23)9-11-18)21(28)26-14-12-25(13-15-26)19-6-4-3-5-7-19/h3-11H,12-15H2,1-2H3,(H,24,27). The van der Waals surface area contributed by atoms with E-state index < -0.39 is 5.41 Å². The predicted octanol–water partition coefficient (Wildman–Crippen LogP) is 2.87. The van der Waals surface area contributed by atoms with Crippen LogP contribution in [0.25, 0.3) is 0 Å². The Kier molecular flexibility index (Phi) is 5.65. The highest BCUT2D eigenvalue weighted by Gasteiger charge is 2.40. The van der Waals surface area contributed by atoms with Crippen molar-refractivity contribution >= 4 is 23.2 Å². The van der Waals surface area contributed by atoms with Gasteiger partial charge in [0.15, 0.2) is 0 Å². The molecule has 0 aromatic heterocycles. The SMILES string of the molecule is CC(C)(C(=O)Nc1ccc(C#N)cc1)C(=O)N1CCN(c2ccccc2)CC1. The Morgan fingerprint density at radius 3 is 2.14 bits per heavy atom. The molecule has 28 heavy (non-hydrogen) atoms. The molecule has 1 fully saturated rings. The molecule has 1 aliphatic rings. The van der Waals surface area contributed by atoms with E-state index in [2.05, 4.69) is 22.3 Å². The summed E-state index contributed by atoms with van der Waals surface area (Å²) in [4.78, 5) is 29.7. The molecule has 2 amide bonds. The number of carbonyl (C=O) groups is 2. The lowest BCUT2D eigenvalue weighted by Crippen LogP contribution is -2.54. The van der Waals surface area contributed by atoms with Crippen LogP contribution in [0, 0.1) is 16.7 Å². The molecule has 1 saturated heterocycles. The molecule has 0 unspecified atom stereocenters. The number of nitriles is 1. The van der Waals surface area contributed by atoms with Crippen LogP contribution < -0.4 is 10.2 Å². The van der Waals surface area contributed by atoms with Crippen molar-refractivity contribution in [2.45, 2.75) is 13.8 Å². The molecule has 0 radical (unpaired) electrons. The third-order valence-electron chi connectivity index (χ3n) is 5.06. The smallest absolute Gasteiger partial charge is 0.239 e. The lowest BCUT2D eigenvalue weighted by molar-refractivity contribution is -0.146. The van der Waals surface area contributed by atoms with Crippen LogP contribution in [0.15, 0.2) is 54.6 Å². The maximum Gasteiger partial charge on any atom is 0.239 e. The first-order valence-corrected chi connectivity index (χ1v) is 9.33. The molecule has 1 N–H and O–H groups in total. The Hall–Kier alpha value is -3.33. The first-order valence-electron chi connectivity index (χ1n) is 9.33. The largest absolute Gasteiger partial charge is 0.368 e. The van der Waals surface area contributed by atoms with Gasteiger partial charge >= 0.3 is 0 Å². The number of nitrogens with one attached hydrogen (secondary N) is 1. The van der Waals surface area contributed by atoms with Gasteiger partial charge in [0.25, 0.3) is 0 Å². The Morgan fingerprint density at radius 1 is 0.964 bits per heavy atom. The van der Waals surface area contributed by atoms with Gasteiger partial charge in [0, 0.05) is 37.6 Å². The van der Waals surface area contributed by atoms with Gasteiger partial charge in [-0.1, -0.05) is 18.2 Å². The van der Waals surface area contributed by atoms with E-state index in [1.165, 1.54) is 0 Å². The Balaban J connectivity index is 1.60. The molecule has 0 bridgehead atoms. The Labute approximate surface area is 165 Å². The quantitative estimate of drug-likeness (QED) is 0.833. The summed E-state index contributed by atoms with van der Waals surface area (Å²) in [5.74, 6) is -0.529. The van der Waals surface area contributed by atoms with Gasteiger partial charge in [-0.15, -0.1) is 0 Å². The fraction of sp³-hybridized carbons (Fsp3) is 0.318. The van der Waals surface area contributed by atoms with E-state index in [1.807, 2.05) is 24.3 Å². The summed E-state index contributed by atoms with van der Waals surface area (Å²) in [5.41, 5.74) is 1.05. The molecule has 1 aliphatic heterocycles. The van der Waals surface area contributed by atoms with Crippen molar-refractivity contribution in [1.29, 1.82) is 5.26 Å². The van der Waals surface area contributed by atoms with Gasteiger partial charge in [-0.25, -0.2) is 0 Å². The zero-order valence-corrected chi connectivity index (χ0v) is 16.2. The van der Waals surface area contributed by atoms with Crippen molar-refractivity contribution < 1.29 is 9.59 Å². The van der Waals surface area contributed by atoms with E-state index in [9.17, 15) is 9.59 Å². The van der Waals surface area contributed by atoms with Crippen molar-refractivity contribution in [1.82, 2.24) is 4.90 Å². The summed E-state index contributed by atoms with van der Waals surface area (Å²) in [6, 6.07) is 18.7. The van der Waals surface area contributed by atoms with Gasteiger partial charge in [0.2, 0.25) is 11.8 Å². The molecule has 1 heterocycles. The highest BCUT2D eigenvalue weighted by molar-refractivity contribution is 6.09. The summed E-state index contributed by atoms with van der Waals surface area (Å²) in [7, 11) is 0. The monoisotopic (exact) mass is 376 g/mol. The topological polar surface area (TPSA) is 76.4 Å². The second kappa shape index (κ2) is 8.13. The van der Waals surface area contributed by atoms with E-state index in [0.29, 0.717) is 24.3 Å². The summed E-state index contributed by atoms with van der Waals surface area (Å²) < 4.78 is 0. The van der Waals surface area contributed by atoms with E-state index in [4.69, 9.17) is 5.26 Å². The van der Waals surface area contributed by atoms with Gasteiger partial charge in [-0.3, -0.25) is 9.59 Å². The highest BCUT2D eigenvalue weighted by Crippen LogP contribution is 2.24. The van der Waals surface area contributed by atoms with Crippen molar-refractivity contribution in [3.63, 3.8) is 0 Å². The summed E-state index contributed by atoms with van der Waals surface area (Å²) >= 11 is 0. The van der Waals surface area contributed by atoms with Crippen LogP contribution in [-0.4, -0.2) is 42.9 Å². The minimum atomic E-state index is -1.18. The van der Waals surface area contributed by atoms with Crippen LogP contribution in [0.1, 0.15) is 19.4 Å². The van der Waals surface area contributed by atoms with Crippen LogP contribution >= 0.6 is 0 Å². The molecule has 2 aromatic carbocycles. The zero-order chi connectivity index (χ0) is 20.1. The average molecular weight is 376 g/mol. The molecular formula is C22H24N4O2. The predicted molar refractivity (Wildman–Crippen MR) is 109 cm³/mol. The minimum Gasteiger partial charge on any atom is -0.368 e. The molecule has 144 valence electrons. The number of carbonyl (C=O) groups excluding carboxylic acids is 2. The molecule has 0 saturated carbocycles. The molecule has 6 heteroatoms. The lowest BCUT2D eigenvalue weighted by Gasteiger charge is -2.39. The third kappa shape index (κ3) is 4.15. The number of rotatable bonds is 4. The molecule has 3 rings (SSSR count). The summed E-state index contributed by atoms with van der Waals surface area (Å²) in [6.07, 6.45) is 0. The molecule has 0 aliphatic carbocycles. The second-order valence-electron chi connectivity index (χ2n) is 7.38. The van der Waals surface area contributed by atoms with Crippen LogP contribution in [0.5, 0.6) is 0 Å². The van der Waals surface area contributed by atoms with Crippen LogP contribution in [0.4, 0.5) is 11.4 Å². The maximum absolute atomic E-state index is 13.0. The Bertz CT molecular complexity index is 877. The Morgan fingerprint density at radius 2 is 1.57 bits per heavy atom. The van der Waals surface area contributed by atoms with Gasteiger partial charge in [-0.2, -0.15) is 5.26 Å². The number of para-hydroxylation sites is 1. The first-order chi connectivity index (χ1) is 13.4. The number of anilines is 2. The van der Waals surface area contributed by atoms with Gasteiger partial charge in [-0.05, 0) is 50.2 Å². The van der Waals surface area contributed by atoms with Crippen LogP contribution in [-0.2, 0) is 9.59 Å². The van der Waals surface area contributed by atoms with E-state index in [1.54, 1.807) is 43.0 Å². The van der Waals surface area contributed by atoms with Crippen molar-refractivity contribution in [3.8, 4) is 6.07 Å². The summed E-state index contributed by atoms with van der Waals surface area (Å²) in [6.45, 7) is 5.95. The number of hydrogen-bond acceptors (Lipinski definition) is 4. The second-order valence-corrected chi connectivity index (χ2v) is 7.38. The molecular weight excluding hydrogens is 352 g/mol. The van der Waals surface area contributed by atoms with E-state index in [-0.39, 0.29) is 11.8 Å². The van der Waals surface area contributed by atoms with Crippen molar-refractivity contribution in [2.24, 2.45) is 5.41 Å². The zero-order valence-electron chi connectivity index (χ0n) is 16.2. The third-order valence-corrected chi connectivity index (χ3v) is 5.06. The minimum absolute atomic E-state index is 0.175. The van der Waals surface area contributed by atoms with Gasteiger partial charge in [0.05, 0.1) is 11.6 Å². The number of piperazine rings is 1. The highest BCUT2D eigenvalue weighted by atomic mass is 16.2. The maximum atomic E-state index is 13.0. The number of benzene rings is 2. The fourth-order valence-electron chi connectivity index (χ4n) is 3.21. The molecule has 2 aromatic rings. The van der Waals surface area contributed by atoms with Crippen molar-refractivity contribution in [3.05, 3.63) is 60.2 Å². The van der Waals surface area contributed by atoms with Gasteiger partial charge < -0.3 is 15.1 Å². The fourth-order valence-corrected chi connectivity index (χ4v) is 3.21.